The van der Waals surface area contributed by atoms with Crippen molar-refractivity contribution in [2.45, 2.75) is 46.7 Å². The van der Waals surface area contributed by atoms with E-state index in [9.17, 15) is 0 Å². The zero-order chi connectivity index (χ0) is 10.7. The fraction of sp³-hybridized carbons (Fsp3) is 1.00. The lowest BCUT2D eigenvalue weighted by atomic mass is 10.5. The topological polar surface area (TPSA) is 58.9 Å². The lowest BCUT2D eigenvalue weighted by Gasteiger charge is -2.09. The van der Waals surface area contributed by atoms with Gasteiger partial charge in [-0.05, 0) is 27.2 Å². The maximum absolute atomic E-state index is 7.92. The van der Waals surface area contributed by atoms with Gasteiger partial charge in [0.05, 0.1) is 0 Å². The molecule has 82 valence electrons. The first kappa shape index (κ1) is 15.3. The van der Waals surface area contributed by atoms with E-state index in [1.807, 2.05) is 20.8 Å². The van der Waals surface area contributed by atoms with Gasteiger partial charge in [-0.3, -0.25) is 0 Å². The molecule has 0 bridgehead atoms. The molecule has 0 aliphatic carbocycles. The summed E-state index contributed by atoms with van der Waals surface area (Å²) in [6.45, 7) is 8.95. The minimum absolute atomic E-state index is 0.0370. The van der Waals surface area contributed by atoms with E-state index < -0.39 is 6.29 Å². The molecule has 0 aromatic rings. The number of hydrogen-bond donors (Lipinski definition) is 2. The number of rotatable bonds is 5. The quantitative estimate of drug-likeness (QED) is 0.644. The van der Waals surface area contributed by atoms with Crippen molar-refractivity contribution in [3.63, 3.8) is 0 Å². The van der Waals surface area contributed by atoms with Crippen LogP contribution in [0, 0.1) is 0 Å². The predicted molar refractivity (Wildman–Crippen MR) is 51.2 cm³/mol. The molecule has 4 heteroatoms. The zero-order valence-electron chi connectivity index (χ0n) is 8.99. The maximum Gasteiger partial charge on any atom is 0.154 e. The molecule has 0 aliphatic rings. The molecule has 0 heterocycles. The van der Waals surface area contributed by atoms with Gasteiger partial charge < -0.3 is 19.7 Å². The molecule has 0 saturated carbocycles. The van der Waals surface area contributed by atoms with Crippen molar-refractivity contribution in [3.8, 4) is 0 Å². The summed E-state index contributed by atoms with van der Waals surface area (Å²) in [6, 6.07) is 0. The molecule has 0 aliphatic heterocycles. The molecular weight excluding hydrogens is 172 g/mol. The first-order chi connectivity index (χ1) is 6.08. The van der Waals surface area contributed by atoms with Crippen LogP contribution < -0.4 is 0 Å². The van der Waals surface area contributed by atoms with Gasteiger partial charge >= 0.3 is 0 Å². The van der Waals surface area contributed by atoms with E-state index in [1.165, 1.54) is 0 Å². The minimum Gasteiger partial charge on any atom is -0.368 e. The van der Waals surface area contributed by atoms with E-state index in [0.29, 0.717) is 6.42 Å². The van der Waals surface area contributed by atoms with Gasteiger partial charge in [-0.25, -0.2) is 0 Å². The van der Waals surface area contributed by atoms with Crippen LogP contribution in [0.25, 0.3) is 0 Å². The Kier molecular flexibility index (Phi) is 14.0. The fourth-order valence-corrected chi connectivity index (χ4v) is 0.518. The van der Waals surface area contributed by atoms with Crippen LogP contribution in [0.4, 0.5) is 0 Å². The van der Waals surface area contributed by atoms with Gasteiger partial charge in [0.1, 0.15) is 0 Å². The summed E-state index contributed by atoms with van der Waals surface area (Å²) < 4.78 is 10.1. The Balaban J connectivity index is 0. The third-order valence-corrected chi connectivity index (χ3v) is 1.17. The van der Waals surface area contributed by atoms with Crippen molar-refractivity contribution in [1.29, 1.82) is 0 Å². The lowest BCUT2D eigenvalue weighted by Crippen LogP contribution is -2.11. The summed E-state index contributed by atoms with van der Waals surface area (Å²) in [5, 5.41) is 15.8. The number of aliphatic hydroxyl groups excluding tert-OH is 1. The van der Waals surface area contributed by atoms with Gasteiger partial charge in [0.2, 0.25) is 0 Å². The Morgan fingerprint density at radius 2 is 1.31 bits per heavy atom. The monoisotopic (exact) mass is 194 g/mol. The van der Waals surface area contributed by atoms with Crippen molar-refractivity contribution in [2.75, 3.05) is 13.2 Å². The Morgan fingerprint density at radius 1 is 1.00 bits per heavy atom. The van der Waals surface area contributed by atoms with Crippen LogP contribution in [0.5, 0.6) is 0 Å². The third kappa shape index (κ3) is 18.7. The largest absolute Gasteiger partial charge is 0.368 e. The van der Waals surface area contributed by atoms with Gasteiger partial charge in [0.15, 0.2) is 12.6 Å². The number of aliphatic hydroxyl groups is 2. The standard InChI is InChI=1S/C6H14O2.C3H8O2/c1-4-7-6(3)8-5-2;1-2-3(4)5/h6H,4-5H2,1-3H3;3-5H,2H2,1H3. The van der Waals surface area contributed by atoms with E-state index in [4.69, 9.17) is 19.7 Å². The number of ether oxygens (including phenoxy) is 2. The molecule has 0 aromatic heterocycles. The van der Waals surface area contributed by atoms with Crippen LogP contribution in [0.1, 0.15) is 34.1 Å². The van der Waals surface area contributed by atoms with Crippen molar-refractivity contribution in [1.82, 2.24) is 0 Å². The molecule has 0 atom stereocenters. The Labute approximate surface area is 80.5 Å². The molecule has 0 saturated heterocycles. The van der Waals surface area contributed by atoms with Crippen LogP contribution in [0.15, 0.2) is 0 Å². The highest BCUT2D eigenvalue weighted by atomic mass is 16.7. The van der Waals surface area contributed by atoms with Gasteiger partial charge in [-0.2, -0.15) is 0 Å². The van der Waals surface area contributed by atoms with E-state index in [2.05, 4.69) is 0 Å². The molecule has 0 fully saturated rings. The van der Waals surface area contributed by atoms with Crippen LogP contribution in [0.3, 0.4) is 0 Å². The molecule has 0 rings (SSSR count). The Bertz CT molecular complexity index is 79.7. The Morgan fingerprint density at radius 3 is 1.46 bits per heavy atom. The van der Waals surface area contributed by atoms with Crippen LogP contribution in [0.2, 0.25) is 0 Å². The second-order valence-corrected chi connectivity index (χ2v) is 2.37. The average molecular weight is 194 g/mol. The summed E-state index contributed by atoms with van der Waals surface area (Å²) in [4.78, 5) is 0. The summed E-state index contributed by atoms with van der Waals surface area (Å²) in [5.74, 6) is 0. The van der Waals surface area contributed by atoms with E-state index >= 15 is 0 Å². The molecule has 0 unspecified atom stereocenters. The second kappa shape index (κ2) is 11.8. The first-order valence-electron chi connectivity index (χ1n) is 4.67. The van der Waals surface area contributed by atoms with Crippen molar-refractivity contribution >= 4 is 0 Å². The maximum atomic E-state index is 7.92. The van der Waals surface area contributed by atoms with Gasteiger partial charge in [0.25, 0.3) is 0 Å². The summed E-state index contributed by atoms with van der Waals surface area (Å²) in [6.07, 6.45) is -0.736. The van der Waals surface area contributed by atoms with Crippen molar-refractivity contribution in [2.24, 2.45) is 0 Å². The predicted octanol–water partition coefficient (Wildman–Crippen LogP) is 1.11. The molecule has 0 aromatic carbocycles. The molecule has 13 heavy (non-hydrogen) atoms. The highest BCUT2D eigenvalue weighted by molar-refractivity contribution is 4.26. The fourth-order valence-electron chi connectivity index (χ4n) is 0.518. The third-order valence-electron chi connectivity index (χ3n) is 1.17. The summed E-state index contributed by atoms with van der Waals surface area (Å²) in [7, 11) is 0. The molecule has 0 spiro atoms. The van der Waals surface area contributed by atoms with Gasteiger partial charge in [-0.15, -0.1) is 0 Å². The average Bonchev–Trinajstić information content (AvgIpc) is 2.06. The molecular formula is C9H22O4. The lowest BCUT2D eigenvalue weighted by molar-refractivity contribution is -0.123. The first-order valence-corrected chi connectivity index (χ1v) is 4.67. The smallest absolute Gasteiger partial charge is 0.154 e. The number of hydrogen-bond acceptors (Lipinski definition) is 4. The van der Waals surface area contributed by atoms with E-state index in [1.54, 1.807) is 6.92 Å². The molecule has 2 N–H and O–H groups in total. The second-order valence-electron chi connectivity index (χ2n) is 2.37. The molecule has 4 nitrogen and oxygen atoms in total. The summed E-state index contributed by atoms with van der Waals surface area (Å²) >= 11 is 0. The Hall–Kier alpha value is -0.160. The zero-order valence-corrected chi connectivity index (χ0v) is 8.99. The highest BCUT2D eigenvalue weighted by Gasteiger charge is 1.94. The van der Waals surface area contributed by atoms with E-state index in [0.717, 1.165) is 13.2 Å². The van der Waals surface area contributed by atoms with Gasteiger partial charge in [0, 0.05) is 13.2 Å². The SMILES string of the molecule is CCC(O)O.CCOC(C)OCC. The van der Waals surface area contributed by atoms with Gasteiger partial charge in [-0.1, -0.05) is 6.92 Å². The van der Waals surface area contributed by atoms with Crippen LogP contribution in [-0.4, -0.2) is 36.0 Å². The minimum atomic E-state index is -1.12. The molecule has 0 radical (unpaired) electrons. The van der Waals surface area contributed by atoms with E-state index in [-0.39, 0.29) is 6.29 Å². The van der Waals surface area contributed by atoms with Crippen LogP contribution in [-0.2, 0) is 9.47 Å². The van der Waals surface area contributed by atoms with Crippen molar-refractivity contribution in [3.05, 3.63) is 0 Å². The normalized spacial score (nSPS) is 10.2. The highest BCUT2D eigenvalue weighted by Crippen LogP contribution is 1.90. The summed E-state index contributed by atoms with van der Waals surface area (Å²) in [5.41, 5.74) is 0. The van der Waals surface area contributed by atoms with Crippen LogP contribution >= 0.6 is 0 Å². The van der Waals surface area contributed by atoms with Crippen molar-refractivity contribution < 1.29 is 19.7 Å². The molecule has 0 amide bonds.